The molecule has 2 aliphatic heterocycles. The van der Waals surface area contributed by atoms with Gasteiger partial charge in [-0.2, -0.15) is 0 Å². The van der Waals surface area contributed by atoms with Crippen molar-refractivity contribution in [2.45, 2.75) is 50.4 Å². The zero-order chi connectivity index (χ0) is 18.4. The van der Waals surface area contributed by atoms with Gasteiger partial charge in [0.05, 0.1) is 0 Å². The normalized spacial score (nSPS) is 19.2. The molecule has 1 saturated heterocycles. The number of ether oxygens (including phenoxy) is 3. The Hall–Kier alpha value is -1.54. The van der Waals surface area contributed by atoms with E-state index >= 15 is 0 Å². The van der Waals surface area contributed by atoms with Crippen LogP contribution >= 0.6 is 21.6 Å². The van der Waals surface area contributed by atoms with Gasteiger partial charge in [-0.3, -0.25) is 9.59 Å². The van der Waals surface area contributed by atoms with E-state index in [0.29, 0.717) is 23.6 Å². The van der Waals surface area contributed by atoms with Gasteiger partial charge in [-0.1, -0.05) is 28.0 Å². The van der Waals surface area contributed by atoms with Crippen LogP contribution in [0, 0.1) is 0 Å². The lowest BCUT2D eigenvalue weighted by molar-refractivity contribution is -0.153. The predicted molar refractivity (Wildman–Crippen MR) is 104 cm³/mol. The number of carbonyl (C=O) groups is 2. The topological polar surface area (TPSA) is 73.9 Å². The van der Waals surface area contributed by atoms with Gasteiger partial charge in [-0.05, 0) is 38.3 Å². The highest BCUT2D eigenvalue weighted by atomic mass is 33.1. The second-order valence-corrected chi connectivity index (χ2v) is 9.05. The van der Waals surface area contributed by atoms with Gasteiger partial charge in [-0.15, -0.1) is 0 Å². The molecule has 0 bridgehead atoms. The van der Waals surface area contributed by atoms with Crippen molar-refractivity contribution in [2.24, 2.45) is 0 Å². The predicted octanol–water partition coefficient (Wildman–Crippen LogP) is 4.00. The van der Waals surface area contributed by atoms with Crippen LogP contribution in [0.25, 0.3) is 0 Å². The van der Waals surface area contributed by atoms with Crippen molar-refractivity contribution in [1.29, 1.82) is 0 Å². The Balaban J connectivity index is 1.35. The molecule has 1 amide bonds. The maximum absolute atomic E-state index is 12.2. The number of unbranched alkanes of at least 4 members (excludes halogenated alkanes) is 1. The molecule has 0 spiro atoms. The van der Waals surface area contributed by atoms with Gasteiger partial charge < -0.3 is 19.5 Å². The number of nitrogens with one attached hydrogen (secondary N) is 1. The molecule has 1 fully saturated rings. The maximum atomic E-state index is 12.2. The van der Waals surface area contributed by atoms with Crippen LogP contribution in [-0.4, -0.2) is 35.8 Å². The SMILES string of the molecule is C[C@@H](OC(=O)CCCC[C@H]1CCSS1)C(=O)Nc1ccc2c(c1)OCO2. The van der Waals surface area contributed by atoms with Crippen LogP contribution in [0.5, 0.6) is 11.5 Å². The van der Waals surface area contributed by atoms with E-state index in [1.54, 1.807) is 25.1 Å². The van der Waals surface area contributed by atoms with Crippen molar-refractivity contribution in [3.8, 4) is 11.5 Å². The lowest BCUT2D eigenvalue weighted by atomic mass is 10.1. The number of hydrogen-bond acceptors (Lipinski definition) is 7. The highest BCUT2D eigenvalue weighted by Crippen LogP contribution is 2.40. The molecule has 0 unspecified atom stereocenters. The summed E-state index contributed by atoms with van der Waals surface area (Å²) in [5, 5.41) is 3.45. The maximum Gasteiger partial charge on any atom is 0.306 e. The fourth-order valence-corrected chi connectivity index (χ4v) is 5.76. The number of anilines is 1. The molecule has 8 heteroatoms. The number of carbonyl (C=O) groups excluding carboxylic acids is 2. The minimum Gasteiger partial charge on any atom is -0.454 e. The van der Waals surface area contributed by atoms with Crippen molar-refractivity contribution in [1.82, 2.24) is 0 Å². The molecule has 1 aromatic rings. The van der Waals surface area contributed by atoms with Gasteiger partial charge in [0.25, 0.3) is 5.91 Å². The Labute approximate surface area is 161 Å². The van der Waals surface area contributed by atoms with E-state index in [9.17, 15) is 9.59 Å². The summed E-state index contributed by atoms with van der Waals surface area (Å²) in [6, 6.07) is 5.14. The first-order valence-electron chi connectivity index (χ1n) is 8.80. The van der Waals surface area contributed by atoms with E-state index in [2.05, 4.69) is 5.32 Å². The molecule has 2 aliphatic rings. The summed E-state index contributed by atoms with van der Waals surface area (Å²) in [6.07, 6.45) is 3.74. The van der Waals surface area contributed by atoms with Gasteiger partial charge >= 0.3 is 5.97 Å². The van der Waals surface area contributed by atoms with Gasteiger partial charge in [0.1, 0.15) is 0 Å². The third-order valence-corrected chi connectivity index (χ3v) is 7.21. The molecule has 0 saturated carbocycles. The van der Waals surface area contributed by atoms with E-state index in [1.807, 2.05) is 21.6 Å². The second-order valence-electron chi connectivity index (χ2n) is 6.26. The summed E-state index contributed by atoms with van der Waals surface area (Å²) in [5.41, 5.74) is 0.578. The highest BCUT2D eigenvalue weighted by molar-refractivity contribution is 8.77. The third-order valence-electron chi connectivity index (χ3n) is 4.20. The largest absolute Gasteiger partial charge is 0.454 e. The third kappa shape index (κ3) is 5.48. The summed E-state index contributed by atoms with van der Waals surface area (Å²) in [5.74, 6) is 1.78. The number of amides is 1. The average molecular weight is 398 g/mol. The van der Waals surface area contributed by atoms with E-state index in [-0.39, 0.29) is 18.7 Å². The number of rotatable bonds is 8. The van der Waals surface area contributed by atoms with Gasteiger partial charge in [-0.25, -0.2) is 0 Å². The van der Waals surface area contributed by atoms with Crippen LogP contribution in [0.4, 0.5) is 5.69 Å². The average Bonchev–Trinajstić information content (AvgIpc) is 3.29. The molecular formula is C18H23NO5S2. The Kier molecular flexibility index (Phi) is 6.96. The first kappa shape index (κ1) is 19.2. The molecule has 26 heavy (non-hydrogen) atoms. The first-order chi connectivity index (χ1) is 12.6. The molecular weight excluding hydrogens is 374 g/mol. The zero-order valence-corrected chi connectivity index (χ0v) is 16.3. The second kappa shape index (κ2) is 9.41. The van der Waals surface area contributed by atoms with Gasteiger partial charge in [0, 0.05) is 29.2 Å². The van der Waals surface area contributed by atoms with E-state index in [4.69, 9.17) is 14.2 Å². The lowest BCUT2D eigenvalue weighted by Gasteiger charge is -2.14. The summed E-state index contributed by atoms with van der Waals surface area (Å²) < 4.78 is 15.7. The fourth-order valence-electron chi connectivity index (χ4n) is 2.73. The number of esters is 1. The van der Waals surface area contributed by atoms with Gasteiger partial charge in [0.15, 0.2) is 17.6 Å². The minimum absolute atomic E-state index is 0.180. The molecule has 2 atom stereocenters. The highest BCUT2D eigenvalue weighted by Gasteiger charge is 2.20. The lowest BCUT2D eigenvalue weighted by Crippen LogP contribution is -2.29. The zero-order valence-electron chi connectivity index (χ0n) is 14.7. The van der Waals surface area contributed by atoms with Crippen molar-refractivity contribution in [3.05, 3.63) is 18.2 Å². The van der Waals surface area contributed by atoms with Crippen LogP contribution in [-0.2, 0) is 14.3 Å². The number of hydrogen-bond donors (Lipinski definition) is 1. The Morgan fingerprint density at radius 1 is 1.31 bits per heavy atom. The standard InChI is InChI=1S/C18H23NO5S2/c1-12(24-17(20)5-3-2-4-14-8-9-25-26-14)18(21)19-13-6-7-15-16(10-13)23-11-22-15/h6-7,10,12,14H,2-5,8-9,11H2,1H3,(H,19,21)/t12-,14+/m1/s1. The number of fused-ring (bicyclic) bond motifs is 1. The smallest absolute Gasteiger partial charge is 0.306 e. The molecule has 0 aromatic heterocycles. The fraction of sp³-hybridized carbons (Fsp3) is 0.556. The number of benzene rings is 1. The van der Waals surface area contributed by atoms with Crippen molar-refractivity contribution in [3.63, 3.8) is 0 Å². The summed E-state index contributed by atoms with van der Waals surface area (Å²) >= 11 is 0. The van der Waals surface area contributed by atoms with Crippen molar-refractivity contribution in [2.75, 3.05) is 17.9 Å². The van der Waals surface area contributed by atoms with E-state index < -0.39 is 6.10 Å². The van der Waals surface area contributed by atoms with E-state index in [0.717, 1.165) is 24.5 Å². The van der Waals surface area contributed by atoms with Crippen LogP contribution in [0.2, 0.25) is 0 Å². The monoisotopic (exact) mass is 397 g/mol. The quantitative estimate of drug-likeness (QED) is 0.404. The molecule has 6 nitrogen and oxygen atoms in total. The Morgan fingerprint density at radius 2 is 2.15 bits per heavy atom. The minimum atomic E-state index is -0.838. The summed E-state index contributed by atoms with van der Waals surface area (Å²) in [4.78, 5) is 24.1. The molecule has 0 aliphatic carbocycles. The van der Waals surface area contributed by atoms with Crippen LogP contribution in [0.1, 0.15) is 39.0 Å². The van der Waals surface area contributed by atoms with Crippen LogP contribution in [0.3, 0.4) is 0 Å². The summed E-state index contributed by atoms with van der Waals surface area (Å²) in [6.45, 7) is 1.76. The summed E-state index contributed by atoms with van der Waals surface area (Å²) in [7, 11) is 3.89. The molecule has 1 aromatic carbocycles. The Bertz CT molecular complexity index is 648. The van der Waals surface area contributed by atoms with Crippen LogP contribution in [0.15, 0.2) is 18.2 Å². The molecule has 3 rings (SSSR count). The molecule has 142 valence electrons. The molecule has 0 radical (unpaired) electrons. The van der Waals surface area contributed by atoms with Gasteiger partial charge in [0.2, 0.25) is 6.79 Å². The van der Waals surface area contributed by atoms with Crippen LogP contribution < -0.4 is 14.8 Å². The van der Waals surface area contributed by atoms with Crippen molar-refractivity contribution < 1.29 is 23.8 Å². The molecule has 1 N–H and O–H groups in total. The first-order valence-corrected chi connectivity index (χ1v) is 11.2. The Morgan fingerprint density at radius 3 is 2.96 bits per heavy atom. The van der Waals surface area contributed by atoms with E-state index in [1.165, 1.54) is 12.2 Å². The van der Waals surface area contributed by atoms with Crippen molar-refractivity contribution >= 4 is 39.2 Å². The molecule has 2 heterocycles.